The fraction of sp³-hybridized carbons (Fsp3) is 0.414. The van der Waals surface area contributed by atoms with E-state index in [2.05, 4.69) is 15.8 Å². The van der Waals surface area contributed by atoms with Gasteiger partial charge in [-0.2, -0.15) is 4.31 Å². The van der Waals surface area contributed by atoms with Crippen LogP contribution in [0.15, 0.2) is 51.9 Å². The largest absolute Gasteiger partial charge is 0.488 e. The SMILES string of the molecule is Cc1noc(C)c1NC(=O)Nc1ccc2c(c1)CC(=O)N([C@H](C)CO)C[C@H](C)[C@@H](CN(C)S(=O)(=O)c1ccc(F)cc1)O2. The first-order chi connectivity index (χ1) is 20.3. The van der Waals surface area contributed by atoms with Gasteiger partial charge < -0.3 is 29.9 Å². The maximum atomic E-state index is 13.5. The predicted molar refractivity (Wildman–Crippen MR) is 157 cm³/mol. The third-order valence-electron chi connectivity index (χ3n) is 7.41. The summed E-state index contributed by atoms with van der Waals surface area (Å²) in [6.07, 6.45) is -0.788. The molecule has 2 heterocycles. The molecule has 1 aliphatic heterocycles. The van der Waals surface area contributed by atoms with E-state index >= 15 is 0 Å². The fourth-order valence-corrected chi connectivity index (χ4v) is 5.98. The zero-order chi connectivity index (χ0) is 31.5. The lowest BCUT2D eigenvalue weighted by Crippen LogP contribution is -2.48. The predicted octanol–water partition coefficient (Wildman–Crippen LogP) is 3.54. The summed E-state index contributed by atoms with van der Waals surface area (Å²) in [4.78, 5) is 27.7. The summed E-state index contributed by atoms with van der Waals surface area (Å²) in [7, 11) is -2.57. The van der Waals surface area contributed by atoms with E-state index in [4.69, 9.17) is 9.26 Å². The number of rotatable bonds is 8. The molecule has 232 valence electrons. The van der Waals surface area contributed by atoms with Crippen molar-refractivity contribution in [3.8, 4) is 5.75 Å². The van der Waals surface area contributed by atoms with Gasteiger partial charge in [-0.3, -0.25) is 4.79 Å². The van der Waals surface area contributed by atoms with E-state index in [1.807, 2.05) is 6.92 Å². The monoisotopic (exact) mass is 617 g/mol. The molecule has 14 heteroatoms. The third kappa shape index (κ3) is 7.32. The second-order valence-electron chi connectivity index (χ2n) is 10.7. The standard InChI is InChI=1S/C29H36FN5O7S/c1-17-14-35(18(2)16-36)27(37)13-21-12-23(31-29(38)32-28-19(3)33-42-20(28)4)8-11-25(21)41-26(17)15-34(5)43(39,40)24-9-6-22(30)7-10-24/h6-12,17-18,26,36H,13-16H2,1-5H3,(H2,31,32,38)/t17-,18+,26+/m0/s1. The number of benzene rings is 2. The van der Waals surface area contributed by atoms with Gasteiger partial charge >= 0.3 is 6.03 Å². The molecule has 0 saturated carbocycles. The molecule has 0 spiro atoms. The van der Waals surface area contributed by atoms with Gasteiger partial charge in [-0.1, -0.05) is 12.1 Å². The second kappa shape index (κ2) is 13.1. The van der Waals surface area contributed by atoms with Crippen LogP contribution in [0.2, 0.25) is 0 Å². The summed E-state index contributed by atoms with van der Waals surface area (Å²) in [6, 6.07) is 8.36. The zero-order valence-electron chi connectivity index (χ0n) is 24.6. The Morgan fingerprint density at radius 3 is 2.53 bits per heavy atom. The molecule has 0 radical (unpaired) electrons. The first-order valence-corrected chi connectivity index (χ1v) is 15.2. The number of amides is 3. The van der Waals surface area contributed by atoms with Crippen LogP contribution in [-0.2, 0) is 21.2 Å². The number of sulfonamides is 1. The highest BCUT2D eigenvalue weighted by Gasteiger charge is 2.33. The van der Waals surface area contributed by atoms with Gasteiger partial charge in [-0.05, 0) is 63.2 Å². The third-order valence-corrected chi connectivity index (χ3v) is 9.24. The second-order valence-corrected chi connectivity index (χ2v) is 12.8. The molecule has 0 saturated heterocycles. The topological polar surface area (TPSA) is 154 Å². The van der Waals surface area contributed by atoms with Crippen LogP contribution in [-0.4, -0.2) is 78.7 Å². The molecule has 0 aliphatic carbocycles. The van der Waals surface area contributed by atoms with Crippen LogP contribution in [0.3, 0.4) is 0 Å². The average Bonchev–Trinajstić information content (AvgIpc) is 3.29. The number of aromatic nitrogens is 1. The number of urea groups is 1. The van der Waals surface area contributed by atoms with Crippen molar-refractivity contribution in [3.05, 3.63) is 65.3 Å². The van der Waals surface area contributed by atoms with Crippen LogP contribution in [0, 0.1) is 25.6 Å². The Bertz CT molecular complexity index is 1560. The first-order valence-electron chi connectivity index (χ1n) is 13.7. The van der Waals surface area contributed by atoms with Gasteiger partial charge in [-0.25, -0.2) is 17.6 Å². The average molecular weight is 618 g/mol. The molecule has 3 amide bonds. The Morgan fingerprint density at radius 1 is 1.21 bits per heavy atom. The number of nitrogens with zero attached hydrogens (tertiary/aromatic N) is 3. The molecule has 0 fully saturated rings. The molecule has 1 aliphatic rings. The lowest BCUT2D eigenvalue weighted by molar-refractivity contribution is -0.134. The van der Waals surface area contributed by atoms with Crippen molar-refractivity contribution in [1.82, 2.24) is 14.4 Å². The van der Waals surface area contributed by atoms with Crippen molar-refractivity contribution >= 4 is 33.3 Å². The lowest BCUT2D eigenvalue weighted by atomic mass is 10.0. The zero-order valence-corrected chi connectivity index (χ0v) is 25.4. The van der Waals surface area contributed by atoms with E-state index < -0.39 is 34.0 Å². The van der Waals surface area contributed by atoms with Crippen LogP contribution in [0.5, 0.6) is 5.75 Å². The van der Waals surface area contributed by atoms with E-state index in [9.17, 15) is 27.5 Å². The highest BCUT2D eigenvalue weighted by molar-refractivity contribution is 7.89. The number of halogens is 1. The Hall–Kier alpha value is -4.01. The number of carbonyl (C=O) groups excluding carboxylic acids is 2. The molecule has 43 heavy (non-hydrogen) atoms. The summed E-state index contributed by atoms with van der Waals surface area (Å²) in [5, 5.41) is 19.1. The van der Waals surface area contributed by atoms with Gasteiger partial charge in [0.15, 0.2) is 5.76 Å². The molecule has 4 rings (SSSR count). The van der Waals surface area contributed by atoms with Crippen molar-refractivity contribution in [1.29, 1.82) is 0 Å². The van der Waals surface area contributed by atoms with Crippen LogP contribution in [0.1, 0.15) is 30.9 Å². The normalized spacial score (nSPS) is 18.2. The molecule has 0 unspecified atom stereocenters. The quantitative estimate of drug-likeness (QED) is 0.347. The molecule has 3 aromatic rings. The minimum atomic E-state index is -3.98. The molecule has 3 N–H and O–H groups in total. The number of carbonyl (C=O) groups is 2. The Labute approximate surface area is 249 Å². The maximum Gasteiger partial charge on any atom is 0.323 e. The molecule has 3 atom stereocenters. The van der Waals surface area contributed by atoms with Gasteiger partial charge in [0.05, 0.1) is 30.5 Å². The van der Waals surface area contributed by atoms with Gasteiger partial charge in [0, 0.05) is 30.8 Å². The Kier molecular flexibility index (Phi) is 9.72. The van der Waals surface area contributed by atoms with E-state index in [1.165, 1.54) is 19.2 Å². The number of anilines is 2. The molecule has 1 aromatic heterocycles. The van der Waals surface area contributed by atoms with Crippen LogP contribution >= 0.6 is 0 Å². The summed E-state index contributed by atoms with van der Waals surface area (Å²) >= 11 is 0. The van der Waals surface area contributed by atoms with E-state index in [-0.39, 0.29) is 42.8 Å². The van der Waals surface area contributed by atoms with E-state index in [0.717, 1.165) is 16.4 Å². The smallest absolute Gasteiger partial charge is 0.323 e. The number of aliphatic hydroxyl groups is 1. The Morgan fingerprint density at radius 2 is 1.91 bits per heavy atom. The van der Waals surface area contributed by atoms with Crippen LogP contribution < -0.4 is 15.4 Å². The van der Waals surface area contributed by atoms with E-state index in [1.54, 1.807) is 43.9 Å². The number of aryl methyl sites for hydroxylation is 2. The van der Waals surface area contributed by atoms with Crippen molar-refractivity contribution in [2.24, 2.45) is 5.92 Å². The first kappa shape index (κ1) is 31.9. The number of hydrogen-bond donors (Lipinski definition) is 3. The molecular formula is C29H36FN5O7S. The number of nitrogens with one attached hydrogen (secondary N) is 2. The van der Waals surface area contributed by atoms with Crippen LogP contribution in [0.25, 0.3) is 0 Å². The number of ether oxygens (including phenoxy) is 1. The number of fused-ring (bicyclic) bond motifs is 1. The van der Waals surface area contributed by atoms with Crippen molar-refractivity contribution < 1.29 is 36.8 Å². The number of likely N-dealkylation sites (N-methyl/N-ethyl adjacent to an activating group) is 1. The lowest BCUT2D eigenvalue weighted by Gasteiger charge is -2.33. The van der Waals surface area contributed by atoms with Gasteiger partial charge in [0.2, 0.25) is 15.9 Å². The molecular weight excluding hydrogens is 581 g/mol. The maximum absolute atomic E-state index is 13.5. The summed E-state index contributed by atoms with van der Waals surface area (Å²) < 4.78 is 52.5. The van der Waals surface area contributed by atoms with Crippen molar-refractivity contribution in [2.75, 3.05) is 37.4 Å². The highest BCUT2D eigenvalue weighted by atomic mass is 32.2. The molecule has 12 nitrogen and oxygen atoms in total. The number of aliphatic hydroxyl groups excluding tert-OH is 1. The van der Waals surface area contributed by atoms with Crippen LogP contribution in [0.4, 0.5) is 20.6 Å². The van der Waals surface area contributed by atoms with Crippen molar-refractivity contribution in [2.45, 2.75) is 51.2 Å². The number of hydrogen-bond acceptors (Lipinski definition) is 8. The van der Waals surface area contributed by atoms with E-state index in [0.29, 0.717) is 34.1 Å². The highest BCUT2D eigenvalue weighted by Crippen LogP contribution is 2.30. The summed E-state index contributed by atoms with van der Waals surface area (Å²) in [6.45, 7) is 6.80. The minimum Gasteiger partial charge on any atom is -0.488 e. The molecule has 0 bridgehead atoms. The summed E-state index contributed by atoms with van der Waals surface area (Å²) in [5.74, 6) is -0.361. The van der Waals surface area contributed by atoms with Gasteiger partial charge in [0.25, 0.3) is 0 Å². The fourth-order valence-electron chi connectivity index (χ4n) is 4.80. The summed E-state index contributed by atoms with van der Waals surface area (Å²) in [5.41, 5.74) is 1.83. The van der Waals surface area contributed by atoms with Crippen molar-refractivity contribution in [3.63, 3.8) is 0 Å². The van der Waals surface area contributed by atoms with Gasteiger partial charge in [-0.15, -0.1) is 0 Å². The molecule has 2 aromatic carbocycles. The minimum absolute atomic E-state index is 0.0659. The van der Waals surface area contributed by atoms with Gasteiger partial charge in [0.1, 0.15) is 29.1 Å². The Balaban J connectivity index is 1.62.